The number of amides is 13. The molecule has 0 spiro atoms. The van der Waals surface area contributed by atoms with E-state index < -0.39 is 350 Å². The predicted octanol–water partition coefficient (Wildman–Crippen LogP) is -8.20. The first-order valence-electron chi connectivity index (χ1n) is 46.1. The monoisotopic (exact) mass is 1990 g/mol. The fraction of sp³-hybridized carbons (Fsp3) is 0.663. The van der Waals surface area contributed by atoms with E-state index >= 15 is 0 Å². The summed E-state index contributed by atoms with van der Waals surface area (Å²) in [6, 6.07) is -12.3. The molecule has 0 aromatic heterocycles. The first-order valence-corrected chi connectivity index (χ1v) is 47.5. The van der Waals surface area contributed by atoms with Gasteiger partial charge in [0.25, 0.3) is 0 Å². The minimum atomic E-state index is -5.30. The third-order valence-electron chi connectivity index (χ3n) is 25.2. The molecule has 6 aliphatic rings. The number of aromatic hydroxyl groups is 2. The molecular weight excluding hydrogens is 1860 g/mol. The molecule has 6 aliphatic heterocycles. The number of carbonyl (C=O) groups is 14. The summed E-state index contributed by atoms with van der Waals surface area (Å²) in [4.78, 5) is 197. The van der Waals surface area contributed by atoms with E-state index in [1.807, 2.05) is 10.6 Å². The number of phenolic OH excluding ortho intramolecular Hbond substituents is 2. The predicted molar refractivity (Wildman–Crippen MR) is 482 cm³/mol. The van der Waals surface area contributed by atoms with Gasteiger partial charge in [0.05, 0.1) is 79.4 Å². The first kappa shape index (κ1) is 115. The Balaban J connectivity index is 0.000000383. The minimum Gasteiger partial charge on any atom is -0.508 e. The van der Waals surface area contributed by atoms with Crippen molar-refractivity contribution in [1.29, 1.82) is 0 Å². The molecule has 49 nitrogen and oxygen atoms in total. The second kappa shape index (κ2) is 52.7. The number of fused-ring (bicyclic) bond motifs is 4. The Morgan fingerprint density at radius 1 is 0.496 bits per heavy atom. The number of aliphatic hydroxyl groups is 16. The lowest BCUT2D eigenvalue weighted by Gasteiger charge is -2.34. The maximum atomic E-state index is 14.4. The summed E-state index contributed by atoms with van der Waals surface area (Å²) in [5.74, 6) is -23.7. The molecule has 0 aliphatic carbocycles. The smallest absolute Gasteiger partial charge is 0.446 e. The summed E-state index contributed by atoms with van der Waals surface area (Å²) < 4.78 is 36.2. The van der Waals surface area contributed by atoms with Gasteiger partial charge in [-0.25, -0.2) is 0 Å². The van der Waals surface area contributed by atoms with E-state index in [1.54, 1.807) is 0 Å². The van der Waals surface area contributed by atoms with Gasteiger partial charge in [-0.3, -0.25) is 71.7 Å². The van der Waals surface area contributed by atoms with Crippen molar-refractivity contribution in [2.45, 2.75) is 322 Å². The van der Waals surface area contributed by atoms with Gasteiger partial charge in [0, 0.05) is 76.0 Å². The number of hydrogen-bond acceptors (Lipinski definition) is 35. The molecule has 30 atom stereocenters. The number of ketones is 1. The molecule has 8 rings (SSSR count). The fourth-order valence-electron chi connectivity index (χ4n) is 17.2. The average Bonchev–Trinajstić information content (AvgIpc) is 1.67. The summed E-state index contributed by atoms with van der Waals surface area (Å²) >= 11 is 0. The molecule has 0 radical (unpaired) electrons. The zero-order chi connectivity index (χ0) is 104. The van der Waals surface area contributed by atoms with Crippen LogP contribution in [0.2, 0.25) is 0 Å². The Labute approximate surface area is 800 Å². The Morgan fingerprint density at radius 3 is 1.46 bits per heavy atom. The summed E-state index contributed by atoms with van der Waals surface area (Å²) in [6.07, 6.45) is -16.6. The van der Waals surface area contributed by atoms with Crippen LogP contribution in [0.3, 0.4) is 0 Å². The van der Waals surface area contributed by atoms with Gasteiger partial charge < -0.3 is 164 Å². The highest BCUT2D eigenvalue weighted by atomic mass is 32.3. The summed E-state index contributed by atoms with van der Waals surface area (Å²) in [5, 5.41) is 215. The standard InChI is InChI=1S/C53H82N6O16.C36H53N7O20S/c1-5-6-7-8-9-10-11-12-13-14-15-16-17-18-19-20-41(66)54-37-27-40(65)50(72)57-51(73)44-45(67)30(2)28-59(44)53(75)43(32(4)61)55-48(70)36(47(69)46(68)33-21-23-34(62)24-22-33)26-39(64)38-25-35(63)29-58(38)52(74)42(31(3)60)56-49(37)71;1-12-6-20(48)32(55)41-34(57)26-27(50)13(2)10-43(26)36(59)24(19(47)9-22(37)49)39-33(56)25(29(52)28(51)15-4-5-18(46)21(7-15)63-64(60,61)62)40-31(54)17-8-16(45)11-42(17)35(58)23(14(3)44)38-30(12)53/h9-10,12-13,21-24,30-32,35-38,40,42-47,50,60-63,65,67-69,72H,5-8,11,14-20,25-29H2,1-4H3,(H,54,66)(H,55,70)(H,56,71)(H,57,73);4-5,7,12-14,16-17,19-20,23-29,32,44-48,50-52,55H,6,8-11H2,1-3H3,(H2,37,49)(H,38,53)(H,39,56)(H,40,54)(H,41,57)(H,60,61,62)/b10-9+,13-12+;/t30-,31+,32+,35+,36-,37-,38-,40+,42-,43-,44-,45-,46-,47-,50+;/m0./s1. The Morgan fingerprint density at radius 2 is 0.942 bits per heavy atom. The molecule has 15 unspecified atom stereocenters. The van der Waals surface area contributed by atoms with Crippen LogP contribution in [-0.4, -0.2) is 379 Å². The lowest BCUT2D eigenvalue weighted by molar-refractivity contribution is -0.149. The van der Waals surface area contributed by atoms with Gasteiger partial charge in [-0.05, 0) is 101 Å². The van der Waals surface area contributed by atoms with E-state index in [9.17, 15) is 167 Å². The van der Waals surface area contributed by atoms with Crippen LogP contribution in [0.25, 0.3) is 0 Å². The molecule has 0 bridgehead atoms. The number of unbranched alkanes of at least 4 members (excludes halogenated alkanes) is 8. The van der Waals surface area contributed by atoms with Crippen LogP contribution in [-0.2, 0) is 77.5 Å². The maximum Gasteiger partial charge on any atom is 0.446 e. The number of nitrogens with two attached hydrogens (primary N) is 1. The van der Waals surface area contributed by atoms with Gasteiger partial charge in [-0.1, -0.05) is 102 Å². The Hall–Kier alpha value is -10.6. The van der Waals surface area contributed by atoms with Crippen LogP contribution >= 0.6 is 0 Å². The molecule has 50 heteroatoms. The lowest BCUT2D eigenvalue weighted by atomic mass is 9.86. The number of aliphatic hydroxyl groups excluding tert-OH is 16. The molecule has 13 amide bonds. The van der Waals surface area contributed by atoms with Crippen molar-refractivity contribution < 1.29 is 176 Å². The summed E-state index contributed by atoms with van der Waals surface area (Å²) in [6.45, 7) is 7.69. The molecule has 6 saturated heterocycles. The van der Waals surface area contributed by atoms with Gasteiger partial charge >= 0.3 is 10.4 Å². The number of Topliss-reactive ketones (excluding diaryl/α,β-unsaturated/α-hetero) is 1. The van der Waals surface area contributed by atoms with Gasteiger partial charge in [0.15, 0.2) is 29.7 Å². The molecule has 139 heavy (non-hydrogen) atoms. The first-order chi connectivity index (χ1) is 65.2. The number of phenols is 2. The molecule has 6 heterocycles. The molecular formula is C89H135N13O36S. The molecule has 0 saturated carbocycles. The topological polar surface area (TPSA) is 802 Å². The number of nitrogens with zero attached hydrogens (tertiary/aromatic N) is 4. The summed E-state index contributed by atoms with van der Waals surface area (Å²) in [7, 11) is -5.30. The van der Waals surface area contributed by atoms with Crippen molar-refractivity contribution in [3.8, 4) is 17.2 Å². The van der Waals surface area contributed by atoms with Gasteiger partial charge in [0.1, 0.15) is 84.5 Å². The van der Waals surface area contributed by atoms with Crippen LogP contribution in [0.1, 0.15) is 187 Å². The van der Waals surface area contributed by atoms with Crippen molar-refractivity contribution >= 4 is 93.0 Å². The van der Waals surface area contributed by atoms with Crippen molar-refractivity contribution in [2.24, 2.45) is 29.4 Å². The van der Waals surface area contributed by atoms with Crippen molar-refractivity contribution in [3.05, 3.63) is 77.9 Å². The second-order valence-electron chi connectivity index (χ2n) is 36.5. The van der Waals surface area contributed by atoms with Crippen LogP contribution in [0.15, 0.2) is 66.8 Å². The highest BCUT2D eigenvalue weighted by Gasteiger charge is 2.54. The zero-order valence-corrected chi connectivity index (χ0v) is 78.8. The van der Waals surface area contributed by atoms with Crippen molar-refractivity contribution in [2.75, 3.05) is 26.2 Å². The van der Waals surface area contributed by atoms with Gasteiger partial charge in [-0.2, -0.15) is 8.42 Å². The molecule has 6 fully saturated rings. The van der Waals surface area contributed by atoms with Crippen LogP contribution in [0.4, 0.5) is 0 Å². The van der Waals surface area contributed by atoms with Crippen molar-refractivity contribution in [3.63, 3.8) is 0 Å². The van der Waals surface area contributed by atoms with E-state index in [-0.39, 0.29) is 24.3 Å². The van der Waals surface area contributed by atoms with E-state index in [0.29, 0.717) is 28.7 Å². The highest BCUT2D eigenvalue weighted by molar-refractivity contribution is 7.81. The van der Waals surface area contributed by atoms with Gasteiger partial charge in [-0.15, -0.1) is 0 Å². The van der Waals surface area contributed by atoms with E-state index in [4.69, 9.17) is 10.3 Å². The third-order valence-corrected chi connectivity index (χ3v) is 25.6. The Bertz CT molecular complexity index is 4750. The number of primary amides is 1. The van der Waals surface area contributed by atoms with Crippen LogP contribution in [0, 0.1) is 23.7 Å². The number of benzene rings is 2. The average molecular weight is 2000 g/mol. The number of nitrogens with one attached hydrogen (secondary N) is 8. The van der Waals surface area contributed by atoms with Gasteiger partial charge in [0.2, 0.25) is 76.8 Å². The van der Waals surface area contributed by atoms with E-state index in [1.165, 1.54) is 64.3 Å². The minimum absolute atomic E-state index is 0.0214. The number of carbonyl (C=O) groups excluding carboxylic acids is 14. The molecule has 2 aromatic carbocycles. The maximum absolute atomic E-state index is 14.4. The number of allylic oxidation sites excluding steroid dienone is 4. The SMILES string of the molecule is CC1CC(O)C(O)NC(=O)C2C(O)C(C)CN2C(=O)C(C(O)CC(N)=O)NC(=O)C(C(O)C(O)c2ccc(O)c(OS(=O)(=O)O)c2)NC(=O)C2CC(O)CN2C(=O)C(C(C)O)NC1=O.CCCCC/C=C/C/C=C/CCCCCCCC(=O)N[C@H]1C[C@@H](O)[C@@H](O)NC(=O)[C@@H]2[C@@H](O)[C@@H](C)CN2C(=O)[C@H]([C@@H](C)O)NC(=O)[C@H]([C@H](O)[C@@H](O)c2ccc(O)cc2)CC(=O)[C@@H]2C[C@@H](O)CN2C(=O)[C@H]([C@@H](C)O)NC1=O. The largest absolute Gasteiger partial charge is 0.508 e. The van der Waals surface area contributed by atoms with Crippen molar-refractivity contribution in [1.82, 2.24) is 62.1 Å². The summed E-state index contributed by atoms with van der Waals surface area (Å²) in [5.41, 5.74) is 4.68. The Kier molecular flexibility index (Phi) is 43.8. The number of rotatable bonds is 29. The molecule has 2 aromatic rings. The van der Waals surface area contributed by atoms with Crippen LogP contribution in [0.5, 0.6) is 17.2 Å². The fourth-order valence-corrected chi connectivity index (χ4v) is 17.6. The molecule has 29 N–H and O–H groups in total. The quantitative estimate of drug-likeness (QED) is 0.0204. The highest BCUT2D eigenvalue weighted by Crippen LogP contribution is 2.36. The second-order valence-corrected chi connectivity index (χ2v) is 37.5. The normalized spacial score (nSPS) is 30.8. The van der Waals surface area contributed by atoms with E-state index in [0.717, 1.165) is 81.2 Å². The third kappa shape index (κ3) is 31.9. The van der Waals surface area contributed by atoms with Crippen LogP contribution < -0.4 is 52.5 Å². The molecule has 778 valence electrons. The zero-order valence-electron chi connectivity index (χ0n) is 77.9. The lowest BCUT2D eigenvalue weighted by Crippen LogP contribution is -2.64. The number of hydrogen-bond donors (Lipinski definition) is 28. The van der Waals surface area contributed by atoms with E-state index in [2.05, 4.69) is 67.3 Å².